The molecule has 126 valence electrons. The Kier molecular flexibility index (Phi) is 6.56. The molecule has 1 aromatic rings. The van der Waals surface area contributed by atoms with Crippen molar-refractivity contribution in [3.05, 3.63) is 42.5 Å². The maximum atomic E-state index is 12.1. The monoisotopic (exact) mass is 324 g/mol. The molecule has 0 heterocycles. The highest BCUT2D eigenvalue weighted by Gasteiger charge is 2.24. The Bertz CT molecular complexity index is 506. The zero-order valence-electron chi connectivity index (χ0n) is 13.0. The van der Waals surface area contributed by atoms with Gasteiger partial charge in [-0.25, -0.2) is 0 Å². The first-order valence-corrected chi connectivity index (χ1v) is 7.93. The molecule has 3 nitrogen and oxygen atoms in total. The Labute approximate surface area is 135 Å². The summed E-state index contributed by atoms with van der Waals surface area (Å²) >= 11 is 0. The molecule has 1 aliphatic carbocycles. The van der Waals surface area contributed by atoms with Gasteiger partial charge >= 0.3 is 12.6 Å². The Morgan fingerprint density at radius 1 is 1.22 bits per heavy atom. The van der Waals surface area contributed by atoms with E-state index >= 15 is 0 Å². The number of carbonyl (C=O) groups is 1. The fourth-order valence-corrected chi connectivity index (χ4v) is 2.90. The van der Waals surface area contributed by atoms with E-state index in [1.807, 2.05) is 12.1 Å². The van der Waals surface area contributed by atoms with Gasteiger partial charge in [0.2, 0.25) is 0 Å². The average Bonchev–Trinajstić information content (AvgIpc) is 2.54. The molecule has 0 unspecified atom stereocenters. The highest BCUT2D eigenvalue weighted by atomic mass is 19.3. The molecule has 1 aromatic carbocycles. The van der Waals surface area contributed by atoms with Crippen molar-refractivity contribution in [1.29, 1.82) is 0 Å². The topological polar surface area (TPSA) is 35.5 Å². The second-order valence-electron chi connectivity index (χ2n) is 5.74. The third kappa shape index (κ3) is 5.66. The number of carbonyl (C=O) groups excluding carboxylic acids is 1. The van der Waals surface area contributed by atoms with Crippen LogP contribution < -0.4 is 4.74 Å². The molecule has 23 heavy (non-hydrogen) atoms. The lowest BCUT2D eigenvalue weighted by Gasteiger charge is -2.28. The van der Waals surface area contributed by atoms with Gasteiger partial charge < -0.3 is 9.47 Å². The Morgan fingerprint density at radius 3 is 2.43 bits per heavy atom. The molecular weight excluding hydrogens is 302 g/mol. The van der Waals surface area contributed by atoms with Gasteiger partial charge in [-0.15, -0.1) is 6.58 Å². The first kappa shape index (κ1) is 17.4. The summed E-state index contributed by atoms with van der Waals surface area (Å²) in [6, 6.07) is 6.81. The maximum Gasteiger partial charge on any atom is 0.387 e. The van der Waals surface area contributed by atoms with E-state index in [2.05, 4.69) is 11.3 Å². The number of hydrogen-bond donors (Lipinski definition) is 0. The normalized spacial score (nSPS) is 21.0. The molecule has 1 saturated carbocycles. The van der Waals surface area contributed by atoms with Gasteiger partial charge in [0.05, 0.1) is 0 Å². The first-order valence-electron chi connectivity index (χ1n) is 7.93. The van der Waals surface area contributed by atoms with Gasteiger partial charge in [0.25, 0.3) is 0 Å². The molecule has 0 spiro atoms. The molecule has 0 radical (unpaired) electrons. The number of hydrogen-bond acceptors (Lipinski definition) is 3. The molecule has 0 bridgehead atoms. The molecule has 2 rings (SSSR count). The molecule has 0 amide bonds. The Morgan fingerprint density at radius 2 is 1.87 bits per heavy atom. The van der Waals surface area contributed by atoms with E-state index in [-0.39, 0.29) is 17.8 Å². The number of rotatable bonds is 7. The average molecular weight is 324 g/mol. The Hall–Kier alpha value is -1.91. The van der Waals surface area contributed by atoms with Crippen LogP contribution in [-0.2, 0) is 9.53 Å². The highest BCUT2D eigenvalue weighted by molar-refractivity contribution is 5.69. The van der Waals surface area contributed by atoms with E-state index in [4.69, 9.17) is 4.74 Å². The molecule has 0 atom stereocenters. The third-order valence-corrected chi connectivity index (χ3v) is 4.10. The molecule has 5 heteroatoms. The highest BCUT2D eigenvalue weighted by Crippen LogP contribution is 2.34. The minimum absolute atomic E-state index is 0.00925. The van der Waals surface area contributed by atoms with Gasteiger partial charge in [0.15, 0.2) is 0 Å². The second-order valence-corrected chi connectivity index (χ2v) is 5.74. The van der Waals surface area contributed by atoms with Crippen molar-refractivity contribution >= 4 is 5.97 Å². The fraction of sp³-hybridized carbons (Fsp3) is 0.500. The van der Waals surface area contributed by atoms with Gasteiger partial charge in [0, 0.05) is 6.42 Å². The standard InChI is InChI=1S/C18H22F2O3/c1-2-3-4-17(21)22-15-9-5-13(6-10-15)14-7-11-16(12-8-14)23-18(19)20/h2,7-8,11-13,15,18H,1,3-6,9-10H2/t13-,15-. The summed E-state index contributed by atoms with van der Waals surface area (Å²) in [5, 5.41) is 0. The van der Waals surface area contributed by atoms with Crippen molar-refractivity contribution < 1.29 is 23.0 Å². The van der Waals surface area contributed by atoms with Gasteiger partial charge in [-0.2, -0.15) is 8.78 Å². The largest absolute Gasteiger partial charge is 0.462 e. The fourth-order valence-electron chi connectivity index (χ4n) is 2.90. The summed E-state index contributed by atoms with van der Waals surface area (Å²) in [6.07, 6.45) is 6.24. The van der Waals surface area contributed by atoms with Gasteiger partial charge in [-0.3, -0.25) is 4.79 Å². The van der Waals surface area contributed by atoms with Crippen molar-refractivity contribution in [3.63, 3.8) is 0 Å². The zero-order chi connectivity index (χ0) is 16.7. The van der Waals surface area contributed by atoms with Crippen LogP contribution in [0.5, 0.6) is 5.75 Å². The summed E-state index contributed by atoms with van der Waals surface area (Å²) in [5.74, 6) is 0.383. The predicted octanol–water partition coefficient (Wildman–Crippen LogP) is 4.82. The van der Waals surface area contributed by atoms with Crippen LogP contribution >= 0.6 is 0 Å². The number of alkyl halides is 2. The van der Waals surface area contributed by atoms with Crippen LogP contribution in [0.15, 0.2) is 36.9 Å². The smallest absolute Gasteiger partial charge is 0.387 e. The molecule has 0 N–H and O–H groups in total. The summed E-state index contributed by atoms with van der Waals surface area (Å²) in [4.78, 5) is 11.6. The van der Waals surface area contributed by atoms with Gasteiger partial charge in [-0.05, 0) is 55.7 Å². The second kappa shape index (κ2) is 8.65. The van der Waals surface area contributed by atoms with Gasteiger partial charge in [-0.1, -0.05) is 18.2 Å². The van der Waals surface area contributed by atoms with Crippen molar-refractivity contribution in [2.45, 2.75) is 57.2 Å². The minimum Gasteiger partial charge on any atom is -0.462 e. The molecule has 1 aliphatic rings. The van der Waals surface area contributed by atoms with Crippen molar-refractivity contribution in [2.24, 2.45) is 0 Å². The van der Waals surface area contributed by atoms with Crippen LogP contribution in [0.3, 0.4) is 0 Å². The van der Waals surface area contributed by atoms with Crippen LogP contribution in [0, 0.1) is 0 Å². The predicted molar refractivity (Wildman–Crippen MR) is 83.6 cm³/mol. The van der Waals surface area contributed by atoms with Crippen LogP contribution in [0.2, 0.25) is 0 Å². The summed E-state index contributed by atoms with van der Waals surface area (Å²) in [5.41, 5.74) is 1.11. The lowest BCUT2D eigenvalue weighted by Crippen LogP contribution is -2.23. The zero-order valence-corrected chi connectivity index (χ0v) is 13.0. The summed E-state index contributed by atoms with van der Waals surface area (Å²) < 4.78 is 34.1. The van der Waals surface area contributed by atoms with Crippen LogP contribution in [0.1, 0.15) is 50.0 Å². The molecule has 0 aliphatic heterocycles. The lowest BCUT2D eigenvalue weighted by molar-refractivity contribution is -0.150. The van der Waals surface area contributed by atoms with Crippen molar-refractivity contribution in [3.8, 4) is 5.75 Å². The molecule has 0 aromatic heterocycles. The van der Waals surface area contributed by atoms with Crippen LogP contribution in [0.25, 0.3) is 0 Å². The number of esters is 1. The van der Waals surface area contributed by atoms with Gasteiger partial charge in [0.1, 0.15) is 11.9 Å². The van der Waals surface area contributed by atoms with E-state index < -0.39 is 6.61 Å². The van der Waals surface area contributed by atoms with E-state index in [0.717, 1.165) is 31.2 Å². The number of benzene rings is 1. The van der Waals surface area contributed by atoms with Crippen LogP contribution in [-0.4, -0.2) is 18.7 Å². The number of halogens is 2. The SMILES string of the molecule is C=CCCC(=O)O[C@H]1CC[C@H](c2ccc(OC(F)F)cc2)CC1. The number of ether oxygens (including phenoxy) is 2. The van der Waals surface area contributed by atoms with Crippen molar-refractivity contribution in [2.75, 3.05) is 0 Å². The van der Waals surface area contributed by atoms with Crippen molar-refractivity contribution in [1.82, 2.24) is 0 Å². The van der Waals surface area contributed by atoms with E-state index in [1.165, 1.54) is 0 Å². The Balaban J connectivity index is 1.79. The maximum absolute atomic E-state index is 12.1. The van der Waals surface area contributed by atoms with Crippen LogP contribution in [0.4, 0.5) is 8.78 Å². The van der Waals surface area contributed by atoms with E-state index in [1.54, 1.807) is 18.2 Å². The van der Waals surface area contributed by atoms with E-state index in [0.29, 0.717) is 18.8 Å². The lowest BCUT2D eigenvalue weighted by atomic mass is 9.83. The summed E-state index contributed by atoms with van der Waals surface area (Å²) in [7, 11) is 0. The quantitative estimate of drug-likeness (QED) is 0.532. The third-order valence-electron chi connectivity index (χ3n) is 4.10. The molecular formula is C18H22F2O3. The summed E-state index contributed by atoms with van der Waals surface area (Å²) in [6.45, 7) is 0.788. The number of allylic oxidation sites excluding steroid dienone is 1. The van der Waals surface area contributed by atoms with E-state index in [9.17, 15) is 13.6 Å². The molecule has 1 fully saturated rings. The first-order chi connectivity index (χ1) is 11.1. The molecule has 0 saturated heterocycles. The minimum atomic E-state index is -2.80.